The van der Waals surface area contributed by atoms with Crippen LogP contribution in [-0.4, -0.2) is 22.1 Å². The molecular formula is C5H9NOS. The van der Waals surface area contributed by atoms with Crippen molar-refractivity contribution in [2.24, 2.45) is 0 Å². The van der Waals surface area contributed by atoms with Crippen LogP contribution in [0.5, 0.6) is 0 Å². The summed E-state index contributed by atoms with van der Waals surface area (Å²) in [7, 11) is 0. The molecule has 0 radical (unpaired) electrons. The molecule has 0 amide bonds. The van der Waals surface area contributed by atoms with E-state index in [9.17, 15) is 0 Å². The van der Waals surface area contributed by atoms with E-state index in [-0.39, 0.29) is 6.23 Å². The summed E-state index contributed by atoms with van der Waals surface area (Å²) >= 11 is 1.70. The molecule has 3 heteroatoms. The Labute approximate surface area is 53.2 Å². The summed E-state index contributed by atoms with van der Waals surface area (Å²) < 4.78 is 0. The molecule has 0 aromatic rings. The lowest BCUT2D eigenvalue weighted by Gasteiger charge is -2.16. The summed E-state index contributed by atoms with van der Waals surface area (Å²) in [4.78, 5) is 1.87. The van der Waals surface area contributed by atoms with Crippen LogP contribution in [0.15, 0.2) is 11.6 Å². The minimum absolute atomic E-state index is 0.332. The lowest BCUT2D eigenvalue weighted by atomic mass is 10.6. The van der Waals surface area contributed by atoms with Crippen molar-refractivity contribution in [3.8, 4) is 0 Å². The Morgan fingerprint density at radius 1 is 1.88 bits per heavy atom. The van der Waals surface area contributed by atoms with E-state index in [4.69, 9.17) is 5.11 Å². The van der Waals surface area contributed by atoms with Gasteiger partial charge in [0.25, 0.3) is 0 Å². The molecular weight excluding hydrogens is 122 g/mol. The molecule has 0 aliphatic carbocycles. The molecule has 0 bridgehead atoms. The maximum absolute atomic E-state index is 8.91. The fourth-order valence-corrected chi connectivity index (χ4v) is 1.33. The second-order valence-corrected chi connectivity index (χ2v) is 2.59. The first-order valence-electron chi connectivity index (χ1n) is 2.53. The molecule has 1 rings (SSSR count). The van der Waals surface area contributed by atoms with Gasteiger partial charge < -0.3 is 10.0 Å². The fraction of sp³-hybridized carbons (Fsp3) is 0.600. The van der Waals surface area contributed by atoms with Crippen molar-refractivity contribution in [1.82, 2.24) is 4.90 Å². The predicted molar refractivity (Wildman–Crippen MR) is 35.1 cm³/mol. The van der Waals surface area contributed by atoms with Crippen molar-refractivity contribution in [3.63, 3.8) is 0 Å². The quantitative estimate of drug-likeness (QED) is 0.569. The Hall–Kier alpha value is -0.150. The van der Waals surface area contributed by atoms with Gasteiger partial charge in [-0.15, -0.1) is 11.8 Å². The highest BCUT2D eigenvalue weighted by Crippen LogP contribution is 2.15. The van der Waals surface area contributed by atoms with Gasteiger partial charge in [-0.25, -0.2) is 0 Å². The van der Waals surface area contributed by atoms with Crippen LogP contribution in [-0.2, 0) is 0 Å². The number of rotatable bonds is 1. The van der Waals surface area contributed by atoms with Gasteiger partial charge in [-0.3, -0.25) is 0 Å². The average Bonchev–Trinajstić information content (AvgIpc) is 2.12. The zero-order valence-corrected chi connectivity index (χ0v) is 5.56. The van der Waals surface area contributed by atoms with Gasteiger partial charge >= 0.3 is 0 Å². The Morgan fingerprint density at radius 3 is 2.88 bits per heavy atom. The van der Waals surface area contributed by atoms with E-state index in [1.165, 1.54) is 0 Å². The highest BCUT2D eigenvalue weighted by atomic mass is 32.2. The first-order chi connectivity index (χ1) is 3.80. The summed E-state index contributed by atoms with van der Waals surface area (Å²) in [5.41, 5.74) is 0. The monoisotopic (exact) mass is 131 g/mol. The average molecular weight is 131 g/mol. The molecule has 0 aromatic carbocycles. The van der Waals surface area contributed by atoms with Gasteiger partial charge in [0.15, 0.2) is 0 Å². The fourth-order valence-electron chi connectivity index (χ4n) is 0.526. The largest absolute Gasteiger partial charge is 0.374 e. The first-order valence-corrected chi connectivity index (χ1v) is 3.57. The topological polar surface area (TPSA) is 23.5 Å². The van der Waals surface area contributed by atoms with Gasteiger partial charge in [-0.2, -0.15) is 0 Å². The normalized spacial score (nSPS) is 22.0. The molecule has 1 heterocycles. The van der Waals surface area contributed by atoms with Crippen LogP contribution in [0.25, 0.3) is 0 Å². The van der Waals surface area contributed by atoms with Crippen LogP contribution in [0.1, 0.15) is 6.92 Å². The standard InChI is InChI=1S/C5H9NOS/c1-5(7)6-2-3-8-4-6/h2-3,5,7H,4H2,1H3. The van der Waals surface area contributed by atoms with Gasteiger partial charge in [-0.05, 0) is 12.3 Å². The number of aliphatic hydroxyl groups excluding tert-OH is 1. The third kappa shape index (κ3) is 1.17. The Kier molecular flexibility index (Phi) is 1.81. The van der Waals surface area contributed by atoms with Crippen molar-refractivity contribution < 1.29 is 5.11 Å². The van der Waals surface area contributed by atoms with E-state index < -0.39 is 0 Å². The third-order valence-electron chi connectivity index (χ3n) is 1.05. The molecule has 46 valence electrons. The SMILES string of the molecule is CC(O)N1C=CSC1. The lowest BCUT2D eigenvalue weighted by molar-refractivity contribution is 0.0701. The Morgan fingerprint density at radius 2 is 2.62 bits per heavy atom. The highest BCUT2D eigenvalue weighted by molar-refractivity contribution is 8.02. The maximum Gasteiger partial charge on any atom is 0.124 e. The van der Waals surface area contributed by atoms with Crippen LogP contribution in [0.4, 0.5) is 0 Å². The minimum atomic E-state index is -0.332. The van der Waals surface area contributed by atoms with Gasteiger partial charge in [0.05, 0.1) is 5.88 Å². The zero-order chi connectivity index (χ0) is 5.98. The number of nitrogens with zero attached hydrogens (tertiary/aromatic N) is 1. The predicted octanol–water partition coefficient (Wildman–Crippen LogP) is 0.802. The van der Waals surface area contributed by atoms with Crippen molar-refractivity contribution in [3.05, 3.63) is 11.6 Å². The van der Waals surface area contributed by atoms with Gasteiger partial charge in [-0.1, -0.05) is 0 Å². The van der Waals surface area contributed by atoms with Crippen LogP contribution >= 0.6 is 11.8 Å². The maximum atomic E-state index is 8.91. The summed E-state index contributed by atoms with van der Waals surface area (Å²) in [5.74, 6) is 0.887. The second-order valence-electron chi connectivity index (χ2n) is 1.73. The molecule has 2 nitrogen and oxygen atoms in total. The van der Waals surface area contributed by atoms with Gasteiger partial charge in [0.1, 0.15) is 6.23 Å². The molecule has 1 N–H and O–H groups in total. The molecule has 0 saturated carbocycles. The summed E-state index contributed by atoms with van der Waals surface area (Å²) in [6.45, 7) is 1.76. The van der Waals surface area contributed by atoms with Gasteiger partial charge in [0.2, 0.25) is 0 Å². The van der Waals surface area contributed by atoms with E-state index >= 15 is 0 Å². The summed E-state index contributed by atoms with van der Waals surface area (Å²) in [6, 6.07) is 0. The Bertz CT molecular complexity index is 103. The van der Waals surface area contributed by atoms with Crippen LogP contribution < -0.4 is 0 Å². The lowest BCUT2D eigenvalue weighted by Crippen LogP contribution is -2.24. The van der Waals surface area contributed by atoms with E-state index in [0.717, 1.165) is 5.88 Å². The number of thioether (sulfide) groups is 1. The van der Waals surface area contributed by atoms with Crippen LogP contribution in [0.2, 0.25) is 0 Å². The molecule has 0 aromatic heterocycles. The molecule has 0 saturated heterocycles. The van der Waals surface area contributed by atoms with Gasteiger partial charge in [0, 0.05) is 6.20 Å². The third-order valence-corrected chi connectivity index (χ3v) is 1.81. The summed E-state index contributed by atoms with van der Waals surface area (Å²) in [6.07, 6.45) is 1.57. The zero-order valence-electron chi connectivity index (χ0n) is 4.74. The molecule has 8 heavy (non-hydrogen) atoms. The Balaban J connectivity index is 2.36. The number of hydrogen-bond donors (Lipinski definition) is 1. The van der Waals surface area contributed by atoms with E-state index in [0.29, 0.717) is 0 Å². The molecule has 0 fully saturated rings. The van der Waals surface area contributed by atoms with Crippen molar-refractivity contribution >= 4 is 11.8 Å². The molecule has 1 aliphatic rings. The highest BCUT2D eigenvalue weighted by Gasteiger charge is 2.07. The van der Waals surface area contributed by atoms with Crippen molar-refractivity contribution in [1.29, 1.82) is 0 Å². The second kappa shape index (κ2) is 2.42. The molecule has 1 unspecified atom stereocenters. The minimum Gasteiger partial charge on any atom is -0.374 e. The van der Waals surface area contributed by atoms with E-state index in [2.05, 4.69) is 0 Å². The van der Waals surface area contributed by atoms with E-state index in [1.807, 2.05) is 16.5 Å². The smallest absolute Gasteiger partial charge is 0.124 e. The molecule has 1 atom stereocenters. The van der Waals surface area contributed by atoms with Crippen molar-refractivity contribution in [2.75, 3.05) is 5.88 Å². The van der Waals surface area contributed by atoms with Crippen molar-refractivity contribution in [2.45, 2.75) is 13.2 Å². The van der Waals surface area contributed by atoms with Crippen LogP contribution in [0.3, 0.4) is 0 Å². The number of hydrogen-bond acceptors (Lipinski definition) is 3. The first kappa shape index (κ1) is 5.98. The van der Waals surface area contributed by atoms with E-state index in [1.54, 1.807) is 18.7 Å². The number of aliphatic hydroxyl groups is 1. The molecule has 0 spiro atoms. The molecule has 1 aliphatic heterocycles. The summed E-state index contributed by atoms with van der Waals surface area (Å²) in [5, 5.41) is 10.9. The van der Waals surface area contributed by atoms with Crippen LogP contribution in [0, 0.1) is 0 Å².